The highest BCUT2D eigenvalue weighted by Crippen LogP contribution is 2.29. The first-order valence-corrected chi connectivity index (χ1v) is 8.23. The molecule has 104 valence electrons. The molecule has 0 aliphatic heterocycles. The lowest BCUT2D eigenvalue weighted by Gasteiger charge is -2.22. The molecule has 0 radical (unpaired) electrons. The zero-order valence-electron chi connectivity index (χ0n) is 11.9. The lowest BCUT2D eigenvalue weighted by molar-refractivity contribution is 0.164. The van der Waals surface area contributed by atoms with Crippen molar-refractivity contribution in [1.82, 2.24) is 0 Å². The molecule has 2 aliphatic rings. The van der Waals surface area contributed by atoms with E-state index in [9.17, 15) is 5.11 Å². The summed E-state index contributed by atoms with van der Waals surface area (Å²) in [7, 11) is 0. The van der Waals surface area contributed by atoms with Crippen LogP contribution in [0, 0.1) is 5.92 Å². The standard InChI is InChI=1S/C17H30O/c18-17(14-15-10-6-4-5-7-11-15)16-12-8-2-1-3-9-13-16/h12,15,17-18H,1-11,13-14H2. The van der Waals surface area contributed by atoms with Crippen LogP contribution >= 0.6 is 0 Å². The molecule has 0 amide bonds. The number of hydrogen-bond donors (Lipinski definition) is 1. The quantitative estimate of drug-likeness (QED) is 0.552. The molecule has 0 bridgehead atoms. The van der Waals surface area contributed by atoms with E-state index < -0.39 is 0 Å². The Labute approximate surface area is 113 Å². The van der Waals surface area contributed by atoms with Gasteiger partial charge in [0.25, 0.3) is 0 Å². The summed E-state index contributed by atoms with van der Waals surface area (Å²) >= 11 is 0. The van der Waals surface area contributed by atoms with Gasteiger partial charge in [0.15, 0.2) is 0 Å². The summed E-state index contributed by atoms with van der Waals surface area (Å²) in [6, 6.07) is 0. The van der Waals surface area contributed by atoms with Crippen molar-refractivity contribution in [3.8, 4) is 0 Å². The van der Waals surface area contributed by atoms with Crippen LogP contribution in [0.3, 0.4) is 0 Å². The van der Waals surface area contributed by atoms with Gasteiger partial charge in [0.05, 0.1) is 6.10 Å². The first kappa shape index (κ1) is 14.1. The van der Waals surface area contributed by atoms with Crippen molar-refractivity contribution in [2.75, 3.05) is 0 Å². The second kappa shape index (κ2) is 7.99. The highest BCUT2D eigenvalue weighted by Gasteiger charge is 2.19. The smallest absolute Gasteiger partial charge is 0.0752 e. The summed E-state index contributed by atoms with van der Waals surface area (Å²) in [6.07, 6.45) is 19.2. The van der Waals surface area contributed by atoms with Crippen molar-refractivity contribution in [3.05, 3.63) is 11.6 Å². The molecule has 1 N–H and O–H groups in total. The van der Waals surface area contributed by atoms with E-state index in [1.54, 1.807) is 0 Å². The Morgan fingerprint density at radius 3 is 2.39 bits per heavy atom. The minimum absolute atomic E-state index is 0.133. The maximum Gasteiger partial charge on any atom is 0.0752 e. The summed E-state index contributed by atoms with van der Waals surface area (Å²) in [5, 5.41) is 10.5. The Morgan fingerprint density at radius 2 is 1.61 bits per heavy atom. The van der Waals surface area contributed by atoms with E-state index in [2.05, 4.69) is 6.08 Å². The number of hydrogen-bond acceptors (Lipinski definition) is 1. The average Bonchev–Trinajstić information content (AvgIpc) is 2.57. The monoisotopic (exact) mass is 250 g/mol. The van der Waals surface area contributed by atoms with Crippen LogP contribution in [-0.4, -0.2) is 11.2 Å². The maximum absolute atomic E-state index is 10.5. The van der Waals surface area contributed by atoms with Gasteiger partial charge in [-0.25, -0.2) is 0 Å². The number of rotatable bonds is 3. The van der Waals surface area contributed by atoms with Crippen molar-refractivity contribution in [1.29, 1.82) is 0 Å². The van der Waals surface area contributed by atoms with Crippen LogP contribution in [0.15, 0.2) is 11.6 Å². The highest BCUT2D eigenvalue weighted by atomic mass is 16.3. The predicted octanol–water partition coefficient (Wildman–Crippen LogP) is 4.99. The van der Waals surface area contributed by atoms with Crippen LogP contribution in [-0.2, 0) is 0 Å². The molecule has 0 aromatic rings. The predicted molar refractivity (Wildman–Crippen MR) is 77.6 cm³/mol. The minimum atomic E-state index is -0.133. The first-order valence-electron chi connectivity index (χ1n) is 8.23. The third-order valence-corrected chi connectivity index (χ3v) is 4.79. The number of aliphatic hydroxyl groups is 1. The third kappa shape index (κ3) is 4.76. The van der Waals surface area contributed by atoms with Gasteiger partial charge in [0.2, 0.25) is 0 Å². The second-order valence-corrected chi connectivity index (χ2v) is 6.34. The van der Waals surface area contributed by atoms with Crippen molar-refractivity contribution in [2.24, 2.45) is 5.92 Å². The van der Waals surface area contributed by atoms with E-state index in [1.165, 1.54) is 76.2 Å². The van der Waals surface area contributed by atoms with E-state index in [-0.39, 0.29) is 6.10 Å². The third-order valence-electron chi connectivity index (χ3n) is 4.79. The van der Waals surface area contributed by atoms with Crippen LogP contribution in [0.1, 0.15) is 83.5 Å². The molecule has 0 heterocycles. The van der Waals surface area contributed by atoms with Gasteiger partial charge < -0.3 is 5.11 Å². The fourth-order valence-corrected chi connectivity index (χ4v) is 3.59. The van der Waals surface area contributed by atoms with Crippen LogP contribution < -0.4 is 0 Å². The van der Waals surface area contributed by atoms with Crippen molar-refractivity contribution < 1.29 is 5.11 Å². The summed E-state index contributed by atoms with van der Waals surface area (Å²) in [5.74, 6) is 0.786. The zero-order valence-corrected chi connectivity index (χ0v) is 11.9. The van der Waals surface area contributed by atoms with Gasteiger partial charge in [-0.1, -0.05) is 57.4 Å². The Balaban J connectivity index is 1.82. The fourth-order valence-electron chi connectivity index (χ4n) is 3.59. The maximum atomic E-state index is 10.5. The fraction of sp³-hybridized carbons (Fsp3) is 0.882. The Hall–Kier alpha value is -0.300. The first-order chi connectivity index (χ1) is 8.86. The summed E-state index contributed by atoms with van der Waals surface area (Å²) in [5.41, 5.74) is 1.36. The van der Waals surface area contributed by atoms with Crippen LogP contribution in [0.2, 0.25) is 0 Å². The molecule has 1 nitrogen and oxygen atoms in total. The minimum Gasteiger partial charge on any atom is -0.389 e. The second-order valence-electron chi connectivity index (χ2n) is 6.34. The van der Waals surface area contributed by atoms with Crippen LogP contribution in [0.25, 0.3) is 0 Å². The highest BCUT2D eigenvalue weighted by molar-refractivity contribution is 5.09. The van der Waals surface area contributed by atoms with Gasteiger partial charge in [-0.2, -0.15) is 0 Å². The molecule has 2 aliphatic carbocycles. The van der Waals surface area contributed by atoms with Crippen molar-refractivity contribution in [2.45, 2.75) is 89.6 Å². The number of aliphatic hydroxyl groups excluding tert-OH is 1. The molecular weight excluding hydrogens is 220 g/mol. The molecule has 1 heteroatoms. The van der Waals surface area contributed by atoms with E-state index in [0.29, 0.717) is 0 Å². The summed E-state index contributed by atoms with van der Waals surface area (Å²) < 4.78 is 0. The average molecular weight is 250 g/mol. The van der Waals surface area contributed by atoms with E-state index in [1.807, 2.05) is 0 Å². The zero-order chi connectivity index (χ0) is 12.6. The molecule has 0 aromatic carbocycles. The van der Waals surface area contributed by atoms with Crippen molar-refractivity contribution >= 4 is 0 Å². The molecule has 1 atom stereocenters. The molecule has 18 heavy (non-hydrogen) atoms. The molecule has 0 saturated heterocycles. The molecule has 1 fully saturated rings. The lowest BCUT2D eigenvalue weighted by atomic mass is 9.88. The van der Waals surface area contributed by atoms with Crippen molar-refractivity contribution in [3.63, 3.8) is 0 Å². The van der Waals surface area contributed by atoms with Gasteiger partial charge in [0.1, 0.15) is 0 Å². The molecular formula is C17H30O. The Bertz CT molecular complexity index is 248. The molecule has 1 unspecified atom stereocenters. The molecule has 2 rings (SSSR count). The molecule has 0 spiro atoms. The summed E-state index contributed by atoms with van der Waals surface area (Å²) in [6.45, 7) is 0. The van der Waals surface area contributed by atoms with E-state index in [4.69, 9.17) is 0 Å². The topological polar surface area (TPSA) is 20.2 Å². The SMILES string of the molecule is OC(CC1CCCCCC1)C1=CCCCCCC1. The van der Waals surface area contributed by atoms with Crippen LogP contribution in [0.4, 0.5) is 0 Å². The van der Waals surface area contributed by atoms with Gasteiger partial charge in [-0.3, -0.25) is 0 Å². The Morgan fingerprint density at radius 1 is 0.944 bits per heavy atom. The van der Waals surface area contributed by atoms with Gasteiger partial charge in [0, 0.05) is 0 Å². The van der Waals surface area contributed by atoms with Crippen LogP contribution in [0.5, 0.6) is 0 Å². The lowest BCUT2D eigenvalue weighted by Crippen LogP contribution is -2.16. The van der Waals surface area contributed by atoms with Gasteiger partial charge in [-0.05, 0) is 43.6 Å². The molecule has 1 saturated carbocycles. The number of allylic oxidation sites excluding steroid dienone is 1. The van der Waals surface area contributed by atoms with Gasteiger partial charge >= 0.3 is 0 Å². The van der Waals surface area contributed by atoms with E-state index in [0.717, 1.165) is 18.8 Å². The Kier molecular flexibility index (Phi) is 6.26. The van der Waals surface area contributed by atoms with Gasteiger partial charge in [-0.15, -0.1) is 0 Å². The normalized spacial score (nSPS) is 25.7. The summed E-state index contributed by atoms with van der Waals surface area (Å²) in [4.78, 5) is 0. The molecule has 0 aromatic heterocycles. The largest absolute Gasteiger partial charge is 0.389 e. The van der Waals surface area contributed by atoms with E-state index >= 15 is 0 Å².